The zero-order chi connectivity index (χ0) is 10.8. The largest absolute Gasteiger partial charge is 0.469 e. The summed E-state index contributed by atoms with van der Waals surface area (Å²) in [6.07, 6.45) is 2.29. The van der Waals surface area contributed by atoms with Gasteiger partial charge >= 0.3 is 5.97 Å². The van der Waals surface area contributed by atoms with E-state index in [1.54, 1.807) is 0 Å². The van der Waals surface area contributed by atoms with Crippen LogP contribution in [0.3, 0.4) is 0 Å². The fourth-order valence-corrected chi connectivity index (χ4v) is 2.49. The Morgan fingerprint density at radius 2 is 2.27 bits per heavy atom. The van der Waals surface area contributed by atoms with Crippen molar-refractivity contribution in [1.82, 2.24) is 10.6 Å². The van der Waals surface area contributed by atoms with Gasteiger partial charge in [-0.25, -0.2) is 0 Å². The highest BCUT2D eigenvalue weighted by Crippen LogP contribution is 2.31. The zero-order valence-electron chi connectivity index (χ0n) is 8.79. The lowest BCUT2D eigenvalue weighted by Crippen LogP contribution is -2.57. The Balaban J connectivity index is 2.02. The lowest BCUT2D eigenvalue weighted by atomic mass is 9.77. The van der Waals surface area contributed by atoms with Gasteiger partial charge in [0.2, 0.25) is 5.91 Å². The molecule has 3 atom stereocenters. The van der Waals surface area contributed by atoms with Crippen molar-refractivity contribution in [3.63, 3.8) is 0 Å². The highest BCUT2D eigenvalue weighted by Gasteiger charge is 2.39. The maximum absolute atomic E-state index is 11.6. The minimum atomic E-state index is -0.188. The smallest absolute Gasteiger partial charge is 0.308 e. The summed E-state index contributed by atoms with van der Waals surface area (Å²) < 4.78 is 4.71. The van der Waals surface area contributed by atoms with Crippen LogP contribution in [-0.2, 0) is 14.3 Å². The van der Waals surface area contributed by atoms with Crippen LogP contribution in [0.25, 0.3) is 0 Å². The Hall–Kier alpha value is -1.10. The summed E-state index contributed by atoms with van der Waals surface area (Å²) in [4.78, 5) is 23.0. The third kappa shape index (κ3) is 1.97. The van der Waals surface area contributed by atoms with Gasteiger partial charge in [0.15, 0.2) is 0 Å². The highest BCUT2D eigenvalue weighted by atomic mass is 16.5. The predicted octanol–water partition coefficient (Wildman–Crippen LogP) is -0.379. The first-order valence-corrected chi connectivity index (χ1v) is 5.31. The number of hydrogen-bond acceptors (Lipinski definition) is 4. The van der Waals surface area contributed by atoms with E-state index >= 15 is 0 Å². The van der Waals surface area contributed by atoms with E-state index in [1.807, 2.05) is 0 Å². The van der Waals surface area contributed by atoms with Crippen molar-refractivity contribution in [2.75, 3.05) is 13.8 Å². The van der Waals surface area contributed by atoms with Gasteiger partial charge in [0.25, 0.3) is 0 Å². The van der Waals surface area contributed by atoms with Crippen molar-refractivity contribution in [1.29, 1.82) is 0 Å². The molecule has 5 nitrogen and oxygen atoms in total. The molecule has 5 heteroatoms. The molecule has 3 unspecified atom stereocenters. The van der Waals surface area contributed by atoms with E-state index in [0.717, 1.165) is 12.8 Å². The zero-order valence-corrected chi connectivity index (χ0v) is 8.79. The molecule has 1 aliphatic heterocycles. The summed E-state index contributed by atoms with van der Waals surface area (Å²) in [6.45, 7) is 0.545. The van der Waals surface area contributed by atoms with Crippen LogP contribution >= 0.6 is 0 Å². The second kappa shape index (κ2) is 4.18. The van der Waals surface area contributed by atoms with Crippen LogP contribution in [0.5, 0.6) is 0 Å². The van der Waals surface area contributed by atoms with Crippen LogP contribution in [0, 0.1) is 11.8 Å². The summed E-state index contributed by atoms with van der Waals surface area (Å²) in [6, 6.07) is 0.236. The molecule has 0 spiro atoms. The quantitative estimate of drug-likeness (QED) is 0.581. The van der Waals surface area contributed by atoms with Crippen molar-refractivity contribution in [3.8, 4) is 0 Å². The molecule has 84 valence electrons. The number of methoxy groups -OCH3 is 1. The van der Waals surface area contributed by atoms with Crippen molar-refractivity contribution in [2.45, 2.75) is 25.3 Å². The molecule has 0 aromatic carbocycles. The molecule has 1 aliphatic carbocycles. The molecule has 2 fully saturated rings. The first-order chi connectivity index (χ1) is 7.22. The average molecular weight is 212 g/mol. The van der Waals surface area contributed by atoms with E-state index in [2.05, 4.69) is 10.6 Å². The molecule has 2 aliphatic rings. The Morgan fingerprint density at radius 3 is 3.00 bits per heavy atom. The van der Waals surface area contributed by atoms with Crippen molar-refractivity contribution in [3.05, 3.63) is 0 Å². The average Bonchev–Trinajstić information content (AvgIpc) is 2.28. The van der Waals surface area contributed by atoms with Crippen LogP contribution in [0.1, 0.15) is 19.3 Å². The Morgan fingerprint density at radius 1 is 1.47 bits per heavy atom. The predicted molar refractivity (Wildman–Crippen MR) is 52.8 cm³/mol. The SMILES string of the molecule is COC(=O)C1CCC2NCNC(=O)C2C1. The maximum atomic E-state index is 11.6. The number of esters is 1. The molecule has 1 saturated heterocycles. The van der Waals surface area contributed by atoms with E-state index in [1.165, 1.54) is 7.11 Å². The minimum absolute atomic E-state index is 0.0624. The molecule has 0 bridgehead atoms. The number of nitrogens with one attached hydrogen (secondary N) is 2. The molecule has 15 heavy (non-hydrogen) atoms. The van der Waals surface area contributed by atoms with E-state index in [9.17, 15) is 9.59 Å². The van der Waals surface area contributed by atoms with Gasteiger partial charge in [0.05, 0.1) is 25.6 Å². The van der Waals surface area contributed by atoms with Gasteiger partial charge in [-0.3, -0.25) is 14.9 Å². The molecular formula is C10H16N2O3. The Labute approximate surface area is 88.5 Å². The van der Waals surface area contributed by atoms with E-state index in [4.69, 9.17) is 4.74 Å². The second-order valence-electron chi connectivity index (χ2n) is 4.17. The monoisotopic (exact) mass is 212 g/mol. The molecule has 1 amide bonds. The second-order valence-corrected chi connectivity index (χ2v) is 4.17. The molecule has 0 aromatic rings. The molecule has 1 saturated carbocycles. The molecule has 0 radical (unpaired) electrons. The van der Waals surface area contributed by atoms with E-state index < -0.39 is 0 Å². The number of carbonyl (C=O) groups excluding carboxylic acids is 2. The summed E-state index contributed by atoms with van der Waals surface area (Å²) in [7, 11) is 1.40. The van der Waals surface area contributed by atoms with Gasteiger partial charge in [-0.15, -0.1) is 0 Å². The summed E-state index contributed by atoms with van der Waals surface area (Å²) in [5, 5.41) is 6.00. The number of amides is 1. The van der Waals surface area contributed by atoms with E-state index in [-0.39, 0.29) is 29.8 Å². The molecule has 2 rings (SSSR count). The van der Waals surface area contributed by atoms with E-state index in [0.29, 0.717) is 13.1 Å². The standard InChI is InChI=1S/C10H16N2O3/c1-15-10(14)6-2-3-8-7(4-6)9(13)12-5-11-8/h6-8,11H,2-5H2,1H3,(H,12,13). The fraction of sp³-hybridized carbons (Fsp3) is 0.800. The summed E-state index contributed by atoms with van der Waals surface area (Å²) >= 11 is 0. The van der Waals surface area contributed by atoms with Gasteiger partial charge in [-0.2, -0.15) is 0 Å². The fourth-order valence-electron chi connectivity index (χ4n) is 2.49. The van der Waals surface area contributed by atoms with Crippen LogP contribution in [0.4, 0.5) is 0 Å². The normalized spacial score (nSPS) is 35.3. The first kappa shape index (κ1) is 10.4. The minimum Gasteiger partial charge on any atom is -0.469 e. The van der Waals surface area contributed by atoms with Gasteiger partial charge < -0.3 is 10.1 Å². The van der Waals surface area contributed by atoms with Gasteiger partial charge in [0.1, 0.15) is 0 Å². The molecule has 0 aromatic heterocycles. The topological polar surface area (TPSA) is 67.4 Å². The Kier molecular flexibility index (Phi) is 2.90. The third-order valence-corrected chi connectivity index (χ3v) is 3.35. The summed E-state index contributed by atoms with van der Waals surface area (Å²) in [5.74, 6) is -0.308. The van der Waals surface area contributed by atoms with Crippen LogP contribution < -0.4 is 10.6 Å². The van der Waals surface area contributed by atoms with Crippen molar-refractivity contribution in [2.24, 2.45) is 11.8 Å². The van der Waals surface area contributed by atoms with Crippen molar-refractivity contribution < 1.29 is 14.3 Å². The molecule has 2 N–H and O–H groups in total. The first-order valence-electron chi connectivity index (χ1n) is 5.31. The number of ether oxygens (including phenoxy) is 1. The number of hydrogen-bond donors (Lipinski definition) is 2. The highest BCUT2D eigenvalue weighted by molar-refractivity contribution is 5.81. The maximum Gasteiger partial charge on any atom is 0.308 e. The molecular weight excluding hydrogens is 196 g/mol. The number of fused-ring (bicyclic) bond motifs is 1. The lowest BCUT2D eigenvalue weighted by molar-refractivity contribution is -0.148. The van der Waals surface area contributed by atoms with Gasteiger partial charge in [-0.1, -0.05) is 0 Å². The van der Waals surface area contributed by atoms with Crippen LogP contribution in [-0.4, -0.2) is 31.7 Å². The Bertz CT molecular complexity index is 280. The third-order valence-electron chi connectivity index (χ3n) is 3.35. The van der Waals surface area contributed by atoms with Crippen LogP contribution in [0.2, 0.25) is 0 Å². The number of carbonyl (C=O) groups is 2. The summed E-state index contributed by atoms with van der Waals surface area (Å²) in [5.41, 5.74) is 0. The van der Waals surface area contributed by atoms with Crippen LogP contribution in [0.15, 0.2) is 0 Å². The molecule has 1 heterocycles. The number of rotatable bonds is 1. The lowest BCUT2D eigenvalue weighted by Gasteiger charge is -2.38. The van der Waals surface area contributed by atoms with Gasteiger partial charge in [-0.05, 0) is 19.3 Å². The van der Waals surface area contributed by atoms with Crippen molar-refractivity contribution >= 4 is 11.9 Å². The van der Waals surface area contributed by atoms with Gasteiger partial charge in [0, 0.05) is 6.04 Å².